The lowest BCUT2D eigenvalue weighted by atomic mass is 10.1. The number of nitrogens with zero attached hydrogens (tertiary/aromatic N) is 3. The average molecular weight is 277 g/mol. The van der Waals surface area contributed by atoms with Crippen LogP contribution in [0.3, 0.4) is 0 Å². The van der Waals surface area contributed by atoms with Crippen LogP contribution in [0.1, 0.15) is 55.5 Å². The minimum absolute atomic E-state index is 0.0546. The monoisotopic (exact) mass is 277 g/mol. The first-order chi connectivity index (χ1) is 9.42. The molecule has 0 aliphatic heterocycles. The van der Waals surface area contributed by atoms with Gasteiger partial charge in [0.15, 0.2) is 5.76 Å². The number of carbonyl (C=O) groups is 1. The van der Waals surface area contributed by atoms with Gasteiger partial charge in [0.2, 0.25) is 5.71 Å². The van der Waals surface area contributed by atoms with Crippen LogP contribution in [-0.2, 0) is 0 Å². The van der Waals surface area contributed by atoms with Crippen LogP contribution in [0, 0.1) is 13.8 Å². The summed E-state index contributed by atoms with van der Waals surface area (Å²) in [6, 6.07) is 0.277. The van der Waals surface area contributed by atoms with Gasteiger partial charge in [-0.1, -0.05) is 0 Å². The molecule has 0 spiro atoms. The molecule has 5 heteroatoms. The Hall–Kier alpha value is -1.78. The summed E-state index contributed by atoms with van der Waals surface area (Å²) < 4.78 is 7.67. The van der Waals surface area contributed by atoms with E-state index in [1.807, 2.05) is 32.4 Å². The van der Waals surface area contributed by atoms with Gasteiger partial charge in [0.1, 0.15) is 0 Å². The number of hydrogen-bond donors (Lipinski definition) is 0. The summed E-state index contributed by atoms with van der Waals surface area (Å²) in [5.41, 5.74) is 2.50. The van der Waals surface area contributed by atoms with Crippen LogP contribution in [-0.4, -0.2) is 33.7 Å². The molecule has 0 aliphatic carbocycles. The number of carbonyl (C=O) groups excluding carboxylic acids is 1. The fourth-order valence-corrected chi connectivity index (χ4v) is 2.64. The van der Waals surface area contributed by atoms with Gasteiger partial charge in [0.05, 0.1) is 5.39 Å². The molecule has 0 radical (unpaired) electrons. The zero-order chi connectivity index (χ0) is 15.0. The van der Waals surface area contributed by atoms with E-state index in [-0.39, 0.29) is 11.9 Å². The van der Waals surface area contributed by atoms with E-state index in [4.69, 9.17) is 4.42 Å². The van der Waals surface area contributed by atoms with Crippen molar-refractivity contribution in [2.24, 2.45) is 0 Å². The molecule has 110 valence electrons. The third-order valence-corrected chi connectivity index (χ3v) is 3.77. The summed E-state index contributed by atoms with van der Waals surface area (Å²) in [4.78, 5) is 14.2. The molecular formula is C15H23N3O2. The maximum Gasteiger partial charge on any atom is 0.289 e. The predicted molar refractivity (Wildman–Crippen MR) is 79.1 cm³/mol. The highest BCUT2D eigenvalue weighted by molar-refractivity contribution is 5.98. The van der Waals surface area contributed by atoms with Crippen LogP contribution < -0.4 is 0 Å². The van der Waals surface area contributed by atoms with E-state index in [2.05, 4.69) is 18.9 Å². The molecule has 2 rings (SSSR count). The van der Waals surface area contributed by atoms with E-state index >= 15 is 0 Å². The molecule has 20 heavy (non-hydrogen) atoms. The minimum atomic E-state index is -0.0546. The Morgan fingerprint density at radius 3 is 2.35 bits per heavy atom. The molecule has 0 saturated heterocycles. The Labute approximate surface area is 119 Å². The third-order valence-electron chi connectivity index (χ3n) is 3.77. The Kier molecular flexibility index (Phi) is 3.88. The summed E-state index contributed by atoms with van der Waals surface area (Å²) in [6.07, 6.45) is 0. The van der Waals surface area contributed by atoms with Crippen LogP contribution in [0.15, 0.2) is 4.42 Å². The standard InChI is InChI=1S/C15H23N3O2/c1-7-17(8-2)15(19)13-10(5)12-11(6)18(9(3)4)16-14(12)20-13/h9H,7-8H2,1-6H3. The lowest BCUT2D eigenvalue weighted by Crippen LogP contribution is -2.30. The fraction of sp³-hybridized carbons (Fsp3) is 0.600. The van der Waals surface area contributed by atoms with Crippen molar-refractivity contribution in [1.82, 2.24) is 14.7 Å². The average Bonchev–Trinajstić information content (AvgIpc) is 2.89. The number of amides is 1. The Balaban J connectivity index is 2.53. The van der Waals surface area contributed by atoms with E-state index in [1.165, 1.54) is 0 Å². The fourth-order valence-electron chi connectivity index (χ4n) is 2.64. The Morgan fingerprint density at radius 2 is 1.90 bits per heavy atom. The van der Waals surface area contributed by atoms with Gasteiger partial charge in [0.25, 0.3) is 5.91 Å². The van der Waals surface area contributed by atoms with E-state index < -0.39 is 0 Å². The SMILES string of the molecule is CCN(CC)C(=O)c1oc2nn(C(C)C)c(C)c2c1C. The summed E-state index contributed by atoms with van der Waals surface area (Å²) in [5.74, 6) is 0.367. The van der Waals surface area contributed by atoms with Crippen molar-refractivity contribution >= 4 is 17.0 Å². The van der Waals surface area contributed by atoms with E-state index in [0.717, 1.165) is 16.6 Å². The van der Waals surface area contributed by atoms with Crippen LogP contribution in [0.2, 0.25) is 0 Å². The van der Waals surface area contributed by atoms with E-state index in [0.29, 0.717) is 24.6 Å². The van der Waals surface area contributed by atoms with Crippen molar-refractivity contribution in [1.29, 1.82) is 0 Å². The Morgan fingerprint density at radius 1 is 1.30 bits per heavy atom. The lowest BCUT2D eigenvalue weighted by Gasteiger charge is -2.17. The first-order valence-electron chi connectivity index (χ1n) is 7.19. The maximum atomic E-state index is 12.4. The van der Waals surface area contributed by atoms with Gasteiger partial charge in [-0.2, -0.15) is 0 Å². The molecule has 0 aliphatic rings. The summed E-state index contributed by atoms with van der Waals surface area (Å²) >= 11 is 0. The van der Waals surface area contributed by atoms with Gasteiger partial charge in [-0.15, -0.1) is 5.10 Å². The summed E-state index contributed by atoms with van der Waals surface area (Å²) in [6.45, 7) is 13.4. The van der Waals surface area contributed by atoms with Gasteiger partial charge < -0.3 is 9.32 Å². The van der Waals surface area contributed by atoms with Crippen LogP contribution >= 0.6 is 0 Å². The highest BCUT2D eigenvalue weighted by atomic mass is 16.4. The van der Waals surface area contributed by atoms with Crippen molar-refractivity contribution in [3.8, 4) is 0 Å². The van der Waals surface area contributed by atoms with Gasteiger partial charge in [0, 0.05) is 30.4 Å². The normalized spacial score (nSPS) is 11.6. The number of furan rings is 1. The highest BCUT2D eigenvalue weighted by Crippen LogP contribution is 2.29. The second kappa shape index (κ2) is 5.31. The smallest absolute Gasteiger partial charge is 0.289 e. The molecule has 2 aromatic heterocycles. The zero-order valence-electron chi connectivity index (χ0n) is 13.1. The second-order valence-electron chi connectivity index (χ2n) is 5.34. The molecule has 0 fully saturated rings. The largest absolute Gasteiger partial charge is 0.431 e. The van der Waals surface area contributed by atoms with Crippen molar-refractivity contribution < 1.29 is 9.21 Å². The molecule has 5 nitrogen and oxygen atoms in total. The molecule has 0 unspecified atom stereocenters. The van der Waals surface area contributed by atoms with Gasteiger partial charge in [-0.3, -0.25) is 9.48 Å². The summed E-state index contributed by atoms with van der Waals surface area (Å²) in [7, 11) is 0. The maximum absolute atomic E-state index is 12.4. The quantitative estimate of drug-likeness (QED) is 0.861. The van der Waals surface area contributed by atoms with Crippen molar-refractivity contribution in [3.63, 3.8) is 0 Å². The van der Waals surface area contributed by atoms with Gasteiger partial charge in [-0.05, 0) is 41.5 Å². The second-order valence-corrected chi connectivity index (χ2v) is 5.34. The Bertz CT molecular complexity index is 633. The molecule has 2 heterocycles. The molecule has 0 atom stereocenters. The van der Waals surface area contributed by atoms with E-state index in [1.54, 1.807) is 4.90 Å². The number of hydrogen-bond acceptors (Lipinski definition) is 3. The summed E-state index contributed by atoms with van der Waals surface area (Å²) in [5, 5.41) is 5.43. The number of aryl methyl sites for hydroxylation is 2. The molecule has 0 N–H and O–H groups in total. The van der Waals surface area contributed by atoms with Crippen molar-refractivity contribution in [2.45, 2.75) is 47.6 Å². The van der Waals surface area contributed by atoms with E-state index in [9.17, 15) is 4.79 Å². The predicted octanol–water partition coefficient (Wildman–Crippen LogP) is 3.31. The highest BCUT2D eigenvalue weighted by Gasteiger charge is 2.25. The first kappa shape index (κ1) is 14.6. The number of aromatic nitrogens is 2. The number of rotatable bonds is 4. The molecule has 0 aromatic carbocycles. The van der Waals surface area contributed by atoms with Crippen molar-refractivity contribution in [3.05, 3.63) is 17.0 Å². The third kappa shape index (κ3) is 2.11. The van der Waals surface area contributed by atoms with Crippen molar-refractivity contribution in [2.75, 3.05) is 13.1 Å². The van der Waals surface area contributed by atoms with Crippen LogP contribution in [0.4, 0.5) is 0 Å². The molecule has 1 amide bonds. The zero-order valence-corrected chi connectivity index (χ0v) is 13.1. The molecule has 2 aromatic rings. The molecular weight excluding hydrogens is 254 g/mol. The number of fused-ring (bicyclic) bond motifs is 1. The minimum Gasteiger partial charge on any atom is -0.431 e. The first-order valence-corrected chi connectivity index (χ1v) is 7.19. The molecule has 0 saturated carbocycles. The van der Waals surface area contributed by atoms with Crippen LogP contribution in [0.25, 0.3) is 11.1 Å². The van der Waals surface area contributed by atoms with Crippen LogP contribution in [0.5, 0.6) is 0 Å². The van der Waals surface area contributed by atoms with Gasteiger partial charge in [-0.25, -0.2) is 0 Å². The molecule has 0 bridgehead atoms. The van der Waals surface area contributed by atoms with Gasteiger partial charge >= 0.3 is 0 Å². The topological polar surface area (TPSA) is 51.3 Å². The lowest BCUT2D eigenvalue weighted by molar-refractivity contribution is 0.0742.